The number of carbonyl (C=O) groups is 1. The largest absolute Gasteiger partial charge is 0.480 e. The van der Waals surface area contributed by atoms with Crippen LogP contribution in [0.15, 0.2) is 15.2 Å². The molecule has 1 aromatic rings. The fourth-order valence-electron chi connectivity index (χ4n) is 0.714. The summed E-state index contributed by atoms with van der Waals surface area (Å²) in [6.07, 6.45) is 0. The average molecular weight is 281 g/mol. The van der Waals surface area contributed by atoms with Gasteiger partial charge in [-0.1, -0.05) is 0 Å². The van der Waals surface area contributed by atoms with E-state index in [9.17, 15) is 4.79 Å². The minimum atomic E-state index is -0.751. The minimum absolute atomic E-state index is 0.335. The standard InChI is InChI=1S/C8H9BrO2S2/c1-5(8(10)11)12-3-6-2-7(9)13-4-6/h2,4-5H,3H2,1H3,(H,10,11). The number of halogens is 1. The van der Waals surface area contributed by atoms with Crippen LogP contribution < -0.4 is 0 Å². The summed E-state index contributed by atoms with van der Waals surface area (Å²) in [6.45, 7) is 1.70. The predicted molar refractivity (Wildman–Crippen MR) is 60.4 cm³/mol. The Morgan fingerprint density at radius 1 is 1.85 bits per heavy atom. The molecule has 0 saturated carbocycles. The molecule has 13 heavy (non-hydrogen) atoms. The molecule has 2 nitrogen and oxygen atoms in total. The van der Waals surface area contributed by atoms with Crippen LogP contribution in [0.3, 0.4) is 0 Å². The molecule has 0 aromatic carbocycles. The van der Waals surface area contributed by atoms with Gasteiger partial charge in [-0.15, -0.1) is 23.1 Å². The Labute approximate surface area is 93.5 Å². The second-order valence-corrected chi connectivity index (χ2v) is 6.17. The van der Waals surface area contributed by atoms with E-state index in [-0.39, 0.29) is 5.25 Å². The maximum Gasteiger partial charge on any atom is 0.316 e. The Balaban J connectivity index is 2.39. The van der Waals surface area contributed by atoms with Gasteiger partial charge in [0.2, 0.25) is 0 Å². The second-order valence-electron chi connectivity index (χ2n) is 2.55. The molecule has 1 heterocycles. The summed E-state index contributed by atoms with van der Waals surface area (Å²) in [5, 5.41) is 10.3. The lowest BCUT2D eigenvalue weighted by molar-refractivity contribution is -0.136. The molecule has 1 unspecified atom stereocenters. The van der Waals surface area contributed by atoms with Crippen LogP contribution >= 0.6 is 39.0 Å². The maximum atomic E-state index is 10.5. The highest BCUT2D eigenvalue weighted by Crippen LogP contribution is 2.25. The third-order valence-electron chi connectivity index (χ3n) is 1.47. The molecule has 1 atom stereocenters. The van der Waals surface area contributed by atoms with E-state index in [2.05, 4.69) is 15.9 Å². The molecule has 0 fully saturated rings. The molecule has 1 aromatic heterocycles. The van der Waals surface area contributed by atoms with Gasteiger partial charge >= 0.3 is 5.97 Å². The summed E-state index contributed by atoms with van der Waals surface area (Å²) in [5.41, 5.74) is 1.18. The van der Waals surface area contributed by atoms with Crippen molar-refractivity contribution in [1.29, 1.82) is 0 Å². The first kappa shape index (κ1) is 11.1. The van der Waals surface area contributed by atoms with Crippen molar-refractivity contribution in [1.82, 2.24) is 0 Å². The summed E-state index contributed by atoms with van der Waals surface area (Å²) < 4.78 is 1.09. The molecular formula is C8H9BrO2S2. The molecular weight excluding hydrogens is 272 g/mol. The second kappa shape index (κ2) is 5.02. The molecule has 0 aliphatic heterocycles. The monoisotopic (exact) mass is 280 g/mol. The number of thioether (sulfide) groups is 1. The Morgan fingerprint density at radius 3 is 3.00 bits per heavy atom. The third kappa shape index (κ3) is 3.70. The summed E-state index contributed by atoms with van der Waals surface area (Å²) in [5.74, 6) is 0.00884. The van der Waals surface area contributed by atoms with Gasteiger partial charge in [0, 0.05) is 5.75 Å². The quantitative estimate of drug-likeness (QED) is 0.920. The zero-order valence-electron chi connectivity index (χ0n) is 6.99. The fraction of sp³-hybridized carbons (Fsp3) is 0.375. The molecule has 72 valence electrons. The summed E-state index contributed by atoms with van der Waals surface area (Å²) in [6, 6.07) is 2.02. The molecule has 0 bridgehead atoms. The Hall–Kier alpha value is -0.000000000000000111. The minimum Gasteiger partial charge on any atom is -0.480 e. The van der Waals surface area contributed by atoms with Gasteiger partial charge in [-0.2, -0.15) is 0 Å². The lowest BCUT2D eigenvalue weighted by Gasteiger charge is -2.03. The fourth-order valence-corrected chi connectivity index (χ4v) is 2.78. The van der Waals surface area contributed by atoms with Gasteiger partial charge in [0.1, 0.15) is 0 Å². The highest BCUT2D eigenvalue weighted by molar-refractivity contribution is 9.11. The van der Waals surface area contributed by atoms with Gasteiger partial charge in [0.25, 0.3) is 0 Å². The lowest BCUT2D eigenvalue weighted by Crippen LogP contribution is -2.11. The van der Waals surface area contributed by atoms with E-state index in [0.29, 0.717) is 0 Å². The van der Waals surface area contributed by atoms with Crippen molar-refractivity contribution in [2.75, 3.05) is 0 Å². The Kier molecular flexibility index (Phi) is 4.28. The van der Waals surface area contributed by atoms with E-state index < -0.39 is 5.97 Å². The van der Waals surface area contributed by atoms with Crippen molar-refractivity contribution in [2.24, 2.45) is 0 Å². The van der Waals surface area contributed by atoms with Gasteiger partial charge in [0.05, 0.1) is 9.04 Å². The first-order valence-corrected chi connectivity index (χ1v) is 6.39. The van der Waals surface area contributed by atoms with Gasteiger partial charge in [-0.25, -0.2) is 0 Å². The van der Waals surface area contributed by atoms with Gasteiger partial charge in [0.15, 0.2) is 0 Å². The number of rotatable bonds is 4. The van der Waals surface area contributed by atoms with Gasteiger partial charge in [-0.05, 0) is 39.9 Å². The highest BCUT2D eigenvalue weighted by Gasteiger charge is 2.11. The van der Waals surface area contributed by atoms with Crippen molar-refractivity contribution < 1.29 is 9.90 Å². The molecule has 1 N–H and O–H groups in total. The Bertz CT molecular complexity index is 298. The summed E-state index contributed by atoms with van der Waals surface area (Å²) >= 11 is 6.42. The Morgan fingerprint density at radius 2 is 2.54 bits per heavy atom. The van der Waals surface area contributed by atoms with Crippen LogP contribution in [0.5, 0.6) is 0 Å². The maximum absolute atomic E-state index is 10.5. The van der Waals surface area contributed by atoms with Crippen molar-refractivity contribution in [2.45, 2.75) is 17.9 Å². The van der Waals surface area contributed by atoms with E-state index in [1.807, 2.05) is 11.4 Å². The van der Waals surface area contributed by atoms with E-state index in [1.165, 1.54) is 17.3 Å². The molecule has 0 aliphatic rings. The van der Waals surface area contributed by atoms with E-state index >= 15 is 0 Å². The number of thiophene rings is 1. The van der Waals surface area contributed by atoms with Crippen LogP contribution in [0.4, 0.5) is 0 Å². The summed E-state index contributed by atoms with van der Waals surface area (Å²) in [4.78, 5) is 10.5. The number of hydrogen-bond donors (Lipinski definition) is 1. The predicted octanol–water partition coefficient (Wildman–Crippen LogP) is 3.22. The van der Waals surface area contributed by atoms with Crippen LogP contribution in [0.25, 0.3) is 0 Å². The SMILES string of the molecule is CC(SCc1csc(Br)c1)C(=O)O. The molecule has 0 saturated heterocycles. The molecule has 0 amide bonds. The zero-order valence-corrected chi connectivity index (χ0v) is 10.2. The van der Waals surface area contributed by atoms with Crippen LogP contribution in [0, 0.1) is 0 Å². The van der Waals surface area contributed by atoms with Gasteiger partial charge < -0.3 is 5.11 Å². The topological polar surface area (TPSA) is 37.3 Å². The average Bonchev–Trinajstić information content (AvgIpc) is 2.47. The number of carboxylic acid groups (broad SMARTS) is 1. The third-order valence-corrected chi connectivity index (χ3v) is 4.22. The van der Waals surface area contributed by atoms with Crippen LogP contribution in [-0.2, 0) is 10.5 Å². The van der Waals surface area contributed by atoms with Crippen molar-refractivity contribution in [3.63, 3.8) is 0 Å². The van der Waals surface area contributed by atoms with Crippen LogP contribution in [-0.4, -0.2) is 16.3 Å². The van der Waals surface area contributed by atoms with Crippen molar-refractivity contribution >= 4 is 45.0 Å². The molecule has 0 spiro atoms. The number of aliphatic carboxylic acids is 1. The normalized spacial score (nSPS) is 12.8. The first-order valence-electron chi connectivity index (χ1n) is 3.67. The van der Waals surface area contributed by atoms with Crippen LogP contribution in [0.1, 0.15) is 12.5 Å². The molecule has 0 radical (unpaired) electrons. The molecule has 5 heteroatoms. The van der Waals surface area contributed by atoms with Crippen molar-refractivity contribution in [3.05, 3.63) is 20.8 Å². The number of hydrogen-bond acceptors (Lipinski definition) is 3. The first-order chi connectivity index (χ1) is 6.09. The van der Waals surface area contributed by atoms with Crippen LogP contribution in [0.2, 0.25) is 0 Å². The summed E-state index contributed by atoms with van der Waals surface area (Å²) in [7, 11) is 0. The zero-order chi connectivity index (χ0) is 9.84. The number of carboxylic acids is 1. The van der Waals surface area contributed by atoms with Crippen molar-refractivity contribution in [3.8, 4) is 0 Å². The van der Waals surface area contributed by atoms with E-state index in [1.54, 1.807) is 18.3 Å². The van der Waals surface area contributed by atoms with E-state index in [0.717, 1.165) is 9.54 Å². The highest BCUT2D eigenvalue weighted by atomic mass is 79.9. The molecule has 0 aliphatic carbocycles. The lowest BCUT2D eigenvalue weighted by atomic mass is 10.4. The smallest absolute Gasteiger partial charge is 0.316 e. The van der Waals surface area contributed by atoms with E-state index in [4.69, 9.17) is 5.11 Å². The molecule has 1 rings (SSSR count). The van der Waals surface area contributed by atoms with Gasteiger partial charge in [-0.3, -0.25) is 4.79 Å².